The van der Waals surface area contributed by atoms with Gasteiger partial charge in [0.25, 0.3) is 5.91 Å². The van der Waals surface area contributed by atoms with Crippen LogP contribution in [0.3, 0.4) is 0 Å². The zero-order valence-electron chi connectivity index (χ0n) is 18.5. The normalized spacial score (nSPS) is 10.8. The molecule has 0 radical (unpaired) electrons. The van der Waals surface area contributed by atoms with Crippen LogP contribution in [-0.2, 0) is 11.4 Å². The second-order valence-electron chi connectivity index (χ2n) is 7.26. The molecule has 0 aliphatic carbocycles. The van der Waals surface area contributed by atoms with Gasteiger partial charge < -0.3 is 19.9 Å². The number of anilines is 1. The van der Waals surface area contributed by atoms with Crippen molar-refractivity contribution in [3.05, 3.63) is 93.0 Å². The number of hydrogen-bond acceptors (Lipinski definition) is 5. The Bertz CT molecular complexity index is 1290. The molecule has 0 aliphatic heterocycles. The molecule has 0 aromatic heterocycles. The second-order valence-corrected chi connectivity index (χ2v) is 8.12. The number of aromatic carboxylic acids is 1. The van der Waals surface area contributed by atoms with Crippen molar-refractivity contribution in [1.29, 1.82) is 5.26 Å². The van der Waals surface area contributed by atoms with Crippen molar-refractivity contribution < 1.29 is 24.2 Å². The first-order valence-electron chi connectivity index (χ1n) is 10.1. The zero-order chi connectivity index (χ0) is 24.7. The first-order chi connectivity index (χ1) is 16.3. The molecule has 3 aromatic carbocycles. The Labute approximate surface area is 205 Å². The van der Waals surface area contributed by atoms with Crippen LogP contribution in [-0.4, -0.2) is 24.1 Å². The van der Waals surface area contributed by atoms with Gasteiger partial charge in [-0.15, -0.1) is 0 Å². The maximum Gasteiger partial charge on any atom is 0.335 e. The van der Waals surface area contributed by atoms with Gasteiger partial charge in [0.2, 0.25) is 0 Å². The van der Waals surface area contributed by atoms with Crippen LogP contribution in [0.5, 0.6) is 11.5 Å². The minimum absolute atomic E-state index is 0.0654. The van der Waals surface area contributed by atoms with Crippen LogP contribution in [0, 0.1) is 18.3 Å². The molecule has 1 amide bonds. The summed E-state index contributed by atoms with van der Waals surface area (Å²) in [4.78, 5) is 23.6. The van der Waals surface area contributed by atoms with Gasteiger partial charge in [-0.05, 0) is 76.0 Å². The van der Waals surface area contributed by atoms with Crippen LogP contribution >= 0.6 is 15.9 Å². The second kappa shape index (κ2) is 11.2. The number of nitrogens with zero attached hydrogens (tertiary/aromatic N) is 1. The lowest BCUT2D eigenvalue weighted by Gasteiger charge is -2.14. The van der Waals surface area contributed by atoms with E-state index in [2.05, 4.69) is 21.2 Å². The third-order valence-electron chi connectivity index (χ3n) is 4.91. The number of carbonyl (C=O) groups excluding carboxylic acids is 1. The van der Waals surface area contributed by atoms with E-state index in [1.165, 1.54) is 25.3 Å². The van der Waals surface area contributed by atoms with Gasteiger partial charge in [0, 0.05) is 5.69 Å². The summed E-state index contributed by atoms with van der Waals surface area (Å²) < 4.78 is 11.9. The molecular formula is C26H21BrN2O5. The van der Waals surface area contributed by atoms with Crippen LogP contribution in [0.15, 0.2) is 70.7 Å². The van der Waals surface area contributed by atoms with E-state index in [1.54, 1.807) is 36.4 Å². The number of hydrogen-bond donors (Lipinski definition) is 2. The third-order valence-corrected chi connectivity index (χ3v) is 5.49. The number of para-hydroxylation sites is 1. The Morgan fingerprint density at radius 2 is 1.85 bits per heavy atom. The van der Waals surface area contributed by atoms with Crippen LogP contribution in [0.4, 0.5) is 5.69 Å². The number of nitriles is 1. The van der Waals surface area contributed by atoms with E-state index in [0.29, 0.717) is 27.2 Å². The molecule has 0 atom stereocenters. The Morgan fingerprint density at radius 3 is 2.47 bits per heavy atom. The van der Waals surface area contributed by atoms with Crippen LogP contribution in [0.2, 0.25) is 0 Å². The van der Waals surface area contributed by atoms with Crippen molar-refractivity contribution in [1.82, 2.24) is 0 Å². The molecule has 0 saturated heterocycles. The maximum absolute atomic E-state index is 12.6. The van der Waals surface area contributed by atoms with Gasteiger partial charge >= 0.3 is 5.97 Å². The van der Waals surface area contributed by atoms with E-state index in [1.807, 2.05) is 25.1 Å². The molecule has 0 aliphatic rings. The highest BCUT2D eigenvalue weighted by molar-refractivity contribution is 9.10. The molecule has 0 heterocycles. The molecule has 8 heteroatoms. The van der Waals surface area contributed by atoms with Crippen LogP contribution in [0.1, 0.15) is 27.0 Å². The minimum Gasteiger partial charge on any atom is -0.493 e. The quantitative estimate of drug-likeness (QED) is 0.296. The predicted octanol–water partition coefficient (Wildman–Crippen LogP) is 5.59. The third kappa shape index (κ3) is 6.03. The number of aryl methyl sites for hydroxylation is 1. The number of nitrogens with one attached hydrogen (secondary N) is 1. The van der Waals surface area contributed by atoms with Crippen molar-refractivity contribution >= 4 is 39.6 Å². The highest BCUT2D eigenvalue weighted by Crippen LogP contribution is 2.38. The monoisotopic (exact) mass is 520 g/mol. The number of amides is 1. The summed E-state index contributed by atoms with van der Waals surface area (Å²) in [6, 6.07) is 19.0. The van der Waals surface area contributed by atoms with Gasteiger partial charge in [0.15, 0.2) is 11.5 Å². The van der Waals surface area contributed by atoms with Gasteiger partial charge in [0.1, 0.15) is 18.2 Å². The standard InChI is InChI=1S/C26H21BrN2O5/c1-16-5-3-4-6-22(16)29-25(30)20(14-28)11-18-12-21(27)24(23(13-18)33-2)34-15-17-7-9-19(10-8-17)26(31)32/h3-13H,15H2,1-2H3,(H,29,30)(H,31,32)/b20-11-. The van der Waals surface area contributed by atoms with E-state index < -0.39 is 11.9 Å². The molecule has 0 saturated carbocycles. The fraction of sp³-hybridized carbons (Fsp3) is 0.115. The molecule has 0 bridgehead atoms. The van der Waals surface area contributed by atoms with Crippen molar-refractivity contribution in [2.75, 3.05) is 12.4 Å². The number of ether oxygens (including phenoxy) is 2. The first-order valence-corrected chi connectivity index (χ1v) is 10.9. The molecule has 2 N–H and O–H groups in total. The highest BCUT2D eigenvalue weighted by atomic mass is 79.9. The molecular weight excluding hydrogens is 500 g/mol. The fourth-order valence-corrected chi connectivity index (χ4v) is 3.65. The molecule has 3 rings (SSSR count). The summed E-state index contributed by atoms with van der Waals surface area (Å²) in [7, 11) is 1.49. The molecule has 172 valence electrons. The van der Waals surface area contributed by atoms with Crippen molar-refractivity contribution in [2.24, 2.45) is 0 Å². The zero-order valence-corrected chi connectivity index (χ0v) is 20.0. The predicted molar refractivity (Wildman–Crippen MR) is 132 cm³/mol. The molecule has 3 aromatic rings. The highest BCUT2D eigenvalue weighted by Gasteiger charge is 2.15. The topological polar surface area (TPSA) is 109 Å². The number of halogens is 1. The number of carboxylic acid groups (broad SMARTS) is 1. The Balaban J connectivity index is 1.80. The van der Waals surface area contributed by atoms with E-state index in [-0.39, 0.29) is 17.7 Å². The number of methoxy groups -OCH3 is 1. The molecule has 0 fully saturated rings. The number of benzene rings is 3. The lowest BCUT2D eigenvalue weighted by molar-refractivity contribution is -0.112. The summed E-state index contributed by atoms with van der Waals surface area (Å²) in [6.45, 7) is 2.05. The van der Waals surface area contributed by atoms with E-state index >= 15 is 0 Å². The molecule has 34 heavy (non-hydrogen) atoms. The first kappa shape index (κ1) is 24.6. The largest absolute Gasteiger partial charge is 0.493 e. The Morgan fingerprint density at radius 1 is 1.15 bits per heavy atom. The average molecular weight is 521 g/mol. The lowest BCUT2D eigenvalue weighted by atomic mass is 10.1. The molecule has 7 nitrogen and oxygen atoms in total. The Kier molecular flexibility index (Phi) is 8.06. The average Bonchev–Trinajstić information content (AvgIpc) is 2.83. The SMILES string of the molecule is COc1cc(/C=C(/C#N)C(=O)Nc2ccccc2C)cc(Br)c1OCc1ccc(C(=O)O)cc1. The van der Waals surface area contributed by atoms with E-state index in [4.69, 9.17) is 14.6 Å². The summed E-state index contributed by atoms with van der Waals surface area (Å²) in [5, 5.41) is 21.3. The lowest BCUT2D eigenvalue weighted by Crippen LogP contribution is -2.14. The molecule has 0 unspecified atom stereocenters. The summed E-state index contributed by atoms with van der Waals surface area (Å²) in [6.07, 6.45) is 1.47. The van der Waals surface area contributed by atoms with Crippen LogP contribution < -0.4 is 14.8 Å². The summed E-state index contributed by atoms with van der Waals surface area (Å²) in [5.41, 5.74) is 2.99. The van der Waals surface area contributed by atoms with E-state index in [0.717, 1.165) is 11.1 Å². The van der Waals surface area contributed by atoms with Gasteiger partial charge in [-0.1, -0.05) is 30.3 Å². The minimum atomic E-state index is -0.996. The Hall–Kier alpha value is -4.09. The number of carboxylic acids is 1. The molecule has 0 spiro atoms. The van der Waals surface area contributed by atoms with Crippen molar-refractivity contribution in [3.63, 3.8) is 0 Å². The summed E-state index contributed by atoms with van der Waals surface area (Å²) in [5.74, 6) is -0.675. The van der Waals surface area contributed by atoms with Crippen molar-refractivity contribution in [2.45, 2.75) is 13.5 Å². The van der Waals surface area contributed by atoms with Gasteiger partial charge in [0.05, 0.1) is 17.1 Å². The van der Waals surface area contributed by atoms with Gasteiger partial charge in [-0.3, -0.25) is 4.79 Å². The van der Waals surface area contributed by atoms with E-state index in [9.17, 15) is 14.9 Å². The number of carbonyl (C=O) groups is 2. The van der Waals surface area contributed by atoms with Gasteiger partial charge in [-0.2, -0.15) is 5.26 Å². The van der Waals surface area contributed by atoms with Crippen LogP contribution in [0.25, 0.3) is 6.08 Å². The maximum atomic E-state index is 12.6. The van der Waals surface area contributed by atoms with Crippen molar-refractivity contribution in [3.8, 4) is 17.6 Å². The summed E-state index contributed by atoms with van der Waals surface area (Å²) >= 11 is 3.46. The fourth-order valence-electron chi connectivity index (χ4n) is 3.08. The smallest absolute Gasteiger partial charge is 0.335 e. The van der Waals surface area contributed by atoms with Gasteiger partial charge in [-0.25, -0.2) is 4.79 Å². The number of rotatable bonds is 8.